The molecule has 1 aromatic carbocycles. The Balaban J connectivity index is 1.80. The molecule has 0 aliphatic rings. The number of aryl methyl sites for hydroxylation is 1. The van der Waals surface area contributed by atoms with E-state index in [0.717, 1.165) is 7.05 Å². The summed E-state index contributed by atoms with van der Waals surface area (Å²) in [5.41, 5.74) is -1.28. The fourth-order valence-corrected chi connectivity index (χ4v) is 3.06. The van der Waals surface area contributed by atoms with Crippen molar-refractivity contribution in [3.8, 4) is 0 Å². The summed E-state index contributed by atoms with van der Waals surface area (Å²) in [5, 5.41) is 10.2. The molecule has 28 heavy (non-hydrogen) atoms. The van der Waals surface area contributed by atoms with Gasteiger partial charge in [0.1, 0.15) is 11.5 Å². The number of nitrogens with one attached hydrogen (secondary N) is 1. The van der Waals surface area contributed by atoms with Gasteiger partial charge in [-0.15, -0.1) is 0 Å². The summed E-state index contributed by atoms with van der Waals surface area (Å²) in [6.45, 7) is -0.0121. The maximum atomic E-state index is 13.9. The van der Waals surface area contributed by atoms with Crippen molar-refractivity contribution in [2.45, 2.75) is 12.7 Å². The van der Waals surface area contributed by atoms with Crippen LogP contribution in [0.3, 0.4) is 0 Å². The van der Waals surface area contributed by atoms with E-state index in [1.54, 1.807) is 0 Å². The smallest absolute Gasteiger partial charge is 0.303 e. The van der Waals surface area contributed by atoms with Crippen LogP contribution < -0.4 is 5.32 Å². The predicted octanol–water partition coefficient (Wildman–Crippen LogP) is 4.49. The van der Waals surface area contributed by atoms with Gasteiger partial charge < -0.3 is 5.32 Å². The summed E-state index contributed by atoms with van der Waals surface area (Å²) >= 11 is 9.17. The summed E-state index contributed by atoms with van der Waals surface area (Å²) in [7, 11) is 1.09. The Morgan fingerprint density at radius 2 is 2.04 bits per heavy atom. The number of carbonyl (C=O) groups is 1. The van der Waals surface area contributed by atoms with E-state index in [-0.39, 0.29) is 22.9 Å². The molecular formula is C16H11BrClF4N5O. The van der Waals surface area contributed by atoms with Crippen LogP contribution in [0, 0.1) is 5.82 Å². The number of hydrogen-bond acceptors (Lipinski definition) is 3. The molecule has 1 amide bonds. The van der Waals surface area contributed by atoms with E-state index in [4.69, 9.17) is 11.6 Å². The third kappa shape index (κ3) is 4.20. The van der Waals surface area contributed by atoms with E-state index in [9.17, 15) is 22.4 Å². The highest BCUT2D eigenvalue weighted by molar-refractivity contribution is 9.10. The van der Waals surface area contributed by atoms with E-state index in [1.807, 2.05) is 0 Å². The molecule has 2 aromatic heterocycles. The van der Waals surface area contributed by atoms with E-state index in [1.165, 1.54) is 29.1 Å². The molecule has 0 saturated heterocycles. The molecule has 0 saturated carbocycles. The van der Waals surface area contributed by atoms with Crippen LogP contribution in [0.4, 0.5) is 23.4 Å². The van der Waals surface area contributed by atoms with Crippen molar-refractivity contribution >= 4 is 39.3 Å². The van der Waals surface area contributed by atoms with E-state index < -0.39 is 29.3 Å². The molecule has 3 aromatic rings. The van der Waals surface area contributed by atoms with Crippen molar-refractivity contribution < 1.29 is 22.4 Å². The Hall–Kier alpha value is -2.40. The number of aromatic nitrogens is 4. The first kappa shape index (κ1) is 20.3. The first-order valence-corrected chi connectivity index (χ1v) is 8.82. The SMILES string of the molecule is Cn1nc(C(=O)Nc2nn(Cc3c(F)cccc3Cl)cc2Br)cc1C(F)(F)F. The van der Waals surface area contributed by atoms with Crippen LogP contribution in [0.2, 0.25) is 5.02 Å². The Labute approximate surface area is 169 Å². The maximum absolute atomic E-state index is 13.9. The van der Waals surface area contributed by atoms with E-state index >= 15 is 0 Å². The average Bonchev–Trinajstić information content (AvgIpc) is 3.14. The lowest BCUT2D eigenvalue weighted by molar-refractivity contribution is -0.143. The predicted molar refractivity (Wildman–Crippen MR) is 96.6 cm³/mol. The zero-order chi connectivity index (χ0) is 20.6. The van der Waals surface area contributed by atoms with Crippen molar-refractivity contribution in [3.05, 3.63) is 62.7 Å². The summed E-state index contributed by atoms with van der Waals surface area (Å²) < 4.78 is 54.6. The van der Waals surface area contributed by atoms with Gasteiger partial charge in [-0.3, -0.25) is 14.2 Å². The highest BCUT2D eigenvalue weighted by Gasteiger charge is 2.35. The second kappa shape index (κ2) is 7.55. The lowest BCUT2D eigenvalue weighted by atomic mass is 10.2. The van der Waals surface area contributed by atoms with Crippen molar-refractivity contribution in [1.29, 1.82) is 0 Å². The third-order valence-corrected chi connectivity index (χ3v) is 4.67. The van der Waals surface area contributed by atoms with Gasteiger partial charge in [0, 0.05) is 29.9 Å². The fraction of sp³-hybridized carbons (Fsp3) is 0.188. The monoisotopic (exact) mass is 479 g/mol. The molecule has 0 atom stereocenters. The zero-order valence-electron chi connectivity index (χ0n) is 14.1. The molecule has 0 spiro atoms. The van der Waals surface area contributed by atoms with Gasteiger partial charge in [-0.2, -0.15) is 23.4 Å². The third-order valence-electron chi connectivity index (χ3n) is 3.73. The van der Waals surface area contributed by atoms with Crippen LogP contribution in [0.1, 0.15) is 21.7 Å². The average molecular weight is 481 g/mol. The number of anilines is 1. The number of nitrogens with zero attached hydrogens (tertiary/aromatic N) is 4. The first-order chi connectivity index (χ1) is 13.1. The van der Waals surface area contributed by atoms with Crippen LogP contribution >= 0.6 is 27.5 Å². The number of hydrogen-bond donors (Lipinski definition) is 1. The second-order valence-corrected chi connectivity index (χ2v) is 6.98. The number of alkyl halides is 3. The van der Waals surface area contributed by atoms with Crippen molar-refractivity contribution in [1.82, 2.24) is 19.6 Å². The Kier molecular flexibility index (Phi) is 5.48. The van der Waals surface area contributed by atoms with Crippen molar-refractivity contribution in [3.63, 3.8) is 0 Å². The van der Waals surface area contributed by atoms with Crippen molar-refractivity contribution in [2.24, 2.45) is 7.05 Å². The van der Waals surface area contributed by atoms with E-state index in [0.29, 0.717) is 15.2 Å². The van der Waals surface area contributed by atoms with Gasteiger partial charge in [-0.05, 0) is 28.1 Å². The Bertz CT molecular complexity index is 1030. The molecule has 2 heterocycles. The van der Waals surface area contributed by atoms with Crippen LogP contribution in [0.15, 0.2) is 34.9 Å². The quantitative estimate of drug-likeness (QED) is 0.560. The molecule has 0 aliphatic heterocycles. The van der Waals surface area contributed by atoms with Crippen LogP contribution in [0.25, 0.3) is 0 Å². The van der Waals surface area contributed by atoms with Gasteiger partial charge >= 0.3 is 6.18 Å². The molecule has 0 fully saturated rings. The Morgan fingerprint density at radius 3 is 2.64 bits per heavy atom. The molecule has 6 nitrogen and oxygen atoms in total. The molecule has 1 N–H and O–H groups in total. The summed E-state index contributed by atoms with van der Waals surface area (Å²) in [6.07, 6.45) is -3.17. The summed E-state index contributed by atoms with van der Waals surface area (Å²) in [6, 6.07) is 4.88. The first-order valence-electron chi connectivity index (χ1n) is 7.64. The molecular weight excluding hydrogens is 470 g/mol. The molecule has 148 valence electrons. The topological polar surface area (TPSA) is 64.7 Å². The van der Waals surface area contributed by atoms with Crippen molar-refractivity contribution in [2.75, 3.05) is 5.32 Å². The molecule has 0 unspecified atom stereocenters. The van der Waals surface area contributed by atoms with Gasteiger partial charge in [-0.1, -0.05) is 17.7 Å². The number of carbonyl (C=O) groups excluding carboxylic acids is 1. The Morgan fingerprint density at radius 1 is 1.32 bits per heavy atom. The lowest BCUT2D eigenvalue weighted by Crippen LogP contribution is -2.14. The molecule has 3 rings (SSSR count). The number of benzene rings is 1. The largest absolute Gasteiger partial charge is 0.433 e. The number of rotatable bonds is 4. The highest BCUT2D eigenvalue weighted by atomic mass is 79.9. The highest BCUT2D eigenvalue weighted by Crippen LogP contribution is 2.30. The summed E-state index contributed by atoms with van der Waals surface area (Å²) in [5.74, 6) is -1.35. The number of halogens is 6. The van der Waals surface area contributed by atoms with Gasteiger partial charge in [0.2, 0.25) is 0 Å². The zero-order valence-corrected chi connectivity index (χ0v) is 16.4. The normalized spacial score (nSPS) is 11.7. The molecule has 0 radical (unpaired) electrons. The molecule has 0 bridgehead atoms. The molecule has 0 aliphatic carbocycles. The van der Waals surface area contributed by atoms with Gasteiger partial charge in [0.25, 0.3) is 5.91 Å². The van der Waals surface area contributed by atoms with E-state index in [2.05, 4.69) is 31.4 Å². The minimum absolute atomic E-state index is 0.0121. The minimum Gasteiger partial charge on any atom is -0.303 e. The second-order valence-electron chi connectivity index (χ2n) is 5.71. The van der Waals surface area contributed by atoms with Gasteiger partial charge in [0.05, 0.1) is 11.0 Å². The lowest BCUT2D eigenvalue weighted by Gasteiger charge is -2.05. The maximum Gasteiger partial charge on any atom is 0.433 e. The van der Waals surface area contributed by atoms with Crippen LogP contribution in [0.5, 0.6) is 0 Å². The standard InChI is InChI=1S/C16H11BrClF4N5O/c1-26-13(16(20,21)22)5-12(24-26)15(28)23-14-9(17)7-27(25-14)6-8-10(18)3-2-4-11(8)19/h2-5,7H,6H2,1H3,(H,23,25,28). The van der Waals surface area contributed by atoms with Crippen LogP contribution in [-0.2, 0) is 19.8 Å². The van der Waals surface area contributed by atoms with Crippen LogP contribution in [-0.4, -0.2) is 25.5 Å². The van der Waals surface area contributed by atoms with Gasteiger partial charge in [-0.25, -0.2) is 4.39 Å². The molecule has 12 heteroatoms. The summed E-state index contributed by atoms with van der Waals surface area (Å²) in [4.78, 5) is 12.2. The fourth-order valence-electron chi connectivity index (χ4n) is 2.42. The van der Waals surface area contributed by atoms with Gasteiger partial charge in [0.15, 0.2) is 11.5 Å². The minimum atomic E-state index is -4.64. The number of amides is 1.